The summed E-state index contributed by atoms with van der Waals surface area (Å²) in [5.41, 5.74) is 9.14. The molecule has 156 valence electrons. The highest BCUT2D eigenvalue weighted by atomic mass is 16.2. The third kappa shape index (κ3) is 3.06. The molecule has 9 nitrogen and oxygen atoms in total. The third-order valence-corrected chi connectivity index (χ3v) is 6.12. The highest BCUT2D eigenvalue weighted by molar-refractivity contribution is 6.06. The van der Waals surface area contributed by atoms with Crippen molar-refractivity contribution in [1.82, 2.24) is 19.8 Å². The van der Waals surface area contributed by atoms with Crippen LogP contribution in [0.15, 0.2) is 24.4 Å². The lowest BCUT2D eigenvalue weighted by Gasteiger charge is -2.30. The molecule has 1 atom stereocenters. The number of carbonyl (C=O) groups excluding carboxylic acids is 3. The fraction of sp³-hybridized carbons (Fsp3) is 0.429. The summed E-state index contributed by atoms with van der Waals surface area (Å²) < 4.78 is 2.12. The van der Waals surface area contributed by atoms with Gasteiger partial charge in [-0.25, -0.2) is 4.98 Å². The number of anilines is 1. The van der Waals surface area contributed by atoms with E-state index < -0.39 is 6.04 Å². The maximum atomic E-state index is 13.3. The number of nitrogens with two attached hydrogens (primary N) is 1. The first kappa shape index (κ1) is 18.8. The zero-order valence-electron chi connectivity index (χ0n) is 16.6. The average Bonchev–Trinajstić information content (AvgIpc) is 3.30. The van der Waals surface area contributed by atoms with E-state index in [9.17, 15) is 14.4 Å². The van der Waals surface area contributed by atoms with Gasteiger partial charge in [0.25, 0.3) is 5.91 Å². The molecule has 0 spiro atoms. The van der Waals surface area contributed by atoms with Gasteiger partial charge in [-0.15, -0.1) is 0 Å². The Labute approximate surface area is 173 Å². The SMILES string of the molecule is NCc1cn2c(n1)N(Cc1cccc3c1C(=O)N(C1CCC(=O)NC1=O)C3)CCC2. The summed E-state index contributed by atoms with van der Waals surface area (Å²) >= 11 is 0. The van der Waals surface area contributed by atoms with Gasteiger partial charge < -0.3 is 20.1 Å². The van der Waals surface area contributed by atoms with Crippen molar-refractivity contribution in [3.63, 3.8) is 0 Å². The summed E-state index contributed by atoms with van der Waals surface area (Å²) in [6, 6.07) is 5.26. The lowest BCUT2D eigenvalue weighted by atomic mass is 10.0. The van der Waals surface area contributed by atoms with E-state index in [1.165, 1.54) is 0 Å². The molecule has 0 radical (unpaired) electrons. The number of nitrogens with one attached hydrogen (secondary N) is 1. The van der Waals surface area contributed by atoms with Crippen molar-refractivity contribution >= 4 is 23.7 Å². The first-order valence-electron chi connectivity index (χ1n) is 10.3. The molecule has 1 aromatic heterocycles. The van der Waals surface area contributed by atoms with Crippen LogP contribution in [0.5, 0.6) is 0 Å². The third-order valence-electron chi connectivity index (χ3n) is 6.12. The van der Waals surface area contributed by atoms with Gasteiger partial charge in [0.2, 0.25) is 17.8 Å². The van der Waals surface area contributed by atoms with Crippen LogP contribution in [0.1, 0.15) is 46.4 Å². The van der Waals surface area contributed by atoms with Crippen molar-refractivity contribution in [3.05, 3.63) is 46.8 Å². The molecule has 0 saturated carbocycles. The molecule has 3 N–H and O–H groups in total. The van der Waals surface area contributed by atoms with E-state index in [1.807, 2.05) is 24.4 Å². The van der Waals surface area contributed by atoms with Crippen LogP contribution in [0, 0.1) is 0 Å². The number of hydrogen-bond acceptors (Lipinski definition) is 6. The summed E-state index contributed by atoms with van der Waals surface area (Å²) in [6.45, 7) is 3.12. The van der Waals surface area contributed by atoms with Gasteiger partial charge in [0.05, 0.1) is 5.69 Å². The Morgan fingerprint density at radius 3 is 2.87 bits per heavy atom. The quantitative estimate of drug-likeness (QED) is 0.713. The van der Waals surface area contributed by atoms with Gasteiger partial charge in [-0.3, -0.25) is 19.7 Å². The molecule has 1 saturated heterocycles. The van der Waals surface area contributed by atoms with Crippen molar-refractivity contribution in [3.8, 4) is 0 Å². The van der Waals surface area contributed by atoms with Crippen molar-refractivity contribution in [2.75, 3.05) is 11.4 Å². The number of piperidine rings is 1. The fourth-order valence-electron chi connectivity index (χ4n) is 4.68. The molecule has 1 aromatic carbocycles. The van der Waals surface area contributed by atoms with Crippen LogP contribution >= 0.6 is 0 Å². The Bertz CT molecular complexity index is 1050. The van der Waals surface area contributed by atoms with E-state index >= 15 is 0 Å². The highest BCUT2D eigenvalue weighted by Gasteiger charge is 2.40. The zero-order valence-corrected chi connectivity index (χ0v) is 16.6. The van der Waals surface area contributed by atoms with Crippen LogP contribution < -0.4 is 16.0 Å². The molecule has 0 bridgehead atoms. The number of aryl methyl sites for hydroxylation is 1. The maximum absolute atomic E-state index is 13.3. The Balaban J connectivity index is 1.42. The number of imidazole rings is 1. The van der Waals surface area contributed by atoms with Crippen molar-refractivity contribution in [2.45, 2.75) is 51.5 Å². The minimum atomic E-state index is -0.601. The van der Waals surface area contributed by atoms with Crippen LogP contribution in [-0.4, -0.2) is 44.8 Å². The van der Waals surface area contributed by atoms with Gasteiger partial charge in [0.1, 0.15) is 6.04 Å². The van der Waals surface area contributed by atoms with E-state index in [4.69, 9.17) is 5.73 Å². The number of imide groups is 1. The van der Waals surface area contributed by atoms with Crippen LogP contribution in [0.25, 0.3) is 0 Å². The summed E-state index contributed by atoms with van der Waals surface area (Å²) in [5.74, 6) is 0.0738. The number of hydrogen-bond donors (Lipinski definition) is 2. The van der Waals surface area contributed by atoms with Crippen LogP contribution in [-0.2, 0) is 35.8 Å². The molecule has 1 fully saturated rings. The molecule has 2 aromatic rings. The number of aromatic nitrogens is 2. The van der Waals surface area contributed by atoms with E-state index in [0.717, 1.165) is 42.3 Å². The van der Waals surface area contributed by atoms with Crippen LogP contribution in [0.3, 0.4) is 0 Å². The monoisotopic (exact) mass is 408 g/mol. The minimum absolute atomic E-state index is 0.141. The highest BCUT2D eigenvalue weighted by Crippen LogP contribution is 2.31. The lowest BCUT2D eigenvalue weighted by molar-refractivity contribution is -0.136. The van der Waals surface area contributed by atoms with E-state index in [2.05, 4.69) is 19.8 Å². The maximum Gasteiger partial charge on any atom is 0.255 e. The Kier molecular flexibility index (Phi) is 4.54. The van der Waals surface area contributed by atoms with Crippen molar-refractivity contribution in [2.24, 2.45) is 5.73 Å². The minimum Gasteiger partial charge on any atom is -0.338 e. The van der Waals surface area contributed by atoms with Gasteiger partial charge >= 0.3 is 0 Å². The van der Waals surface area contributed by atoms with Crippen LogP contribution in [0.2, 0.25) is 0 Å². The zero-order chi connectivity index (χ0) is 20.8. The van der Waals surface area contributed by atoms with E-state index in [1.54, 1.807) is 4.90 Å². The van der Waals surface area contributed by atoms with E-state index in [0.29, 0.717) is 31.6 Å². The van der Waals surface area contributed by atoms with E-state index in [-0.39, 0.29) is 24.1 Å². The average molecular weight is 408 g/mol. The fourth-order valence-corrected chi connectivity index (χ4v) is 4.68. The molecule has 4 heterocycles. The number of nitrogens with zero attached hydrogens (tertiary/aromatic N) is 4. The lowest BCUT2D eigenvalue weighted by Crippen LogP contribution is -2.52. The first-order chi connectivity index (χ1) is 14.5. The summed E-state index contributed by atoms with van der Waals surface area (Å²) in [4.78, 5) is 45.5. The van der Waals surface area contributed by atoms with Gasteiger partial charge in [-0.1, -0.05) is 18.2 Å². The number of amides is 3. The second-order valence-corrected chi connectivity index (χ2v) is 8.06. The molecular weight excluding hydrogens is 384 g/mol. The molecular formula is C21H24N6O3. The molecule has 3 amide bonds. The largest absolute Gasteiger partial charge is 0.338 e. The number of rotatable bonds is 4. The molecule has 9 heteroatoms. The van der Waals surface area contributed by atoms with Crippen molar-refractivity contribution < 1.29 is 14.4 Å². The summed E-state index contributed by atoms with van der Waals surface area (Å²) in [5, 5.41) is 2.35. The predicted octanol–water partition coefficient (Wildman–Crippen LogP) is 0.513. The van der Waals surface area contributed by atoms with Crippen LogP contribution in [0.4, 0.5) is 5.95 Å². The Morgan fingerprint density at radius 1 is 1.20 bits per heavy atom. The number of carbonyl (C=O) groups is 3. The predicted molar refractivity (Wildman–Crippen MR) is 108 cm³/mol. The van der Waals surface area contributed by atoms with Gasteiger partial charge in [0.15, 0.2) is 0 Å². The standard InChI is InChI=1S/C21H24N6O3/c22-9-15-12-26-8-2-7-25(21(26)23-15)10-13-3-1-4-14-11-27(20(30)18(13)14)16-5-6-17(28)24-19(16)29/h1,3-4,12,16H,2,5-11,22H2,(H,24,28,29). The normalized spacial score (nSPS) is 21.0. The summed E-state index contributed by atoms with van der Waals surface area (Å²) in [6.07, 6.45) is 3.61. The molecule has 30 heavy (non-hydrogen) atoms. The first-order valence-corrected chi connectivity index (χ1v) is 10.3. The molecule has 3 aliphatic heterocycles. The number of fused-ring (bicyclic) bond motifs is 2. The van der Waals surface area contributed by atoms with Gasteiger partial charge in [-0.05, 0) is 24.0 Å². The summed E-state index contributed by atoms with van der Waals surface area (Å²) in [7, 11) is 0. The molecule has 1 unspecified atom stereocenters. The van der Waals surface area contributed by atoms with Gasteiger partial charge in [-0.2, -0.15) is 0 Å². The Hall–Kier alpha value is -3.20. The number of benzene rings is 1. The molecule has 5 rings (SSSR count). The van der Waals surface area contributed by atoms with Crippen molar-refractivity contribution in [1.29, 1.82) is 0 Å². The molecule has 3 aliphatic rings. The van der Waals surface area contributed by atoms with Gasteiger partial charge in [0, 0.05) is 50.9 Å². The Morgan fingerprint density at radius 2 is 2.07 bits per heavy atom. The topological polar surface area (TPSA) is 114 Å². The molecule has 0 aliphatic carbocycles. The second kappa shape index (κ2) is 7.24. The second-order valence-electron chi connectivity index (χ2n) is 8.06. The smallest absolute Gasteiger partial charge is 0.255 e.